The molecule has 1 aromatic heterocycles. The normalized spacial score (nSPS) is 20.4. The average molecular weight is 211 g/mol. The summed E-state index contributed by atoms with van der Waals surface area (Å²) in [6.45, 7) is -0.160. The van der Waals surface area contributed by atoms with E-state index in [1.54, 1.807) is 0 Å². The van der Waals surface area contributed by atoms with Crippen LogP contribution in [-0.2, 0) is 0 Å². The van der Waals surface area contributed by atoms with Crippen molar-refractivity contribution < 1.29 is 9.63 Å². The van der Waals surface area contributed by atoms with Crippen LogP contribution in [0.3, 0.4) is 0 Å². The molecule has 1 aromatic rings. The van der Waals surface area contributed by atoms with E-state index in [2.05, 4.69) is 10.1 Å². The summed E-state index contributed by atoms with van der Waals surface area (Å²) in [5, 5.41) is 12.8. The van der Waals surface area contributed by atoms with E-state index in [0.717, 1.165) is 18.7 Å². The largest absolute Gasteiger partial charge is 0.394 e. The summed E-state index contributed by atoms with van der Waals surface area (Å²) in [7, 11) is 0. The number of hydrogen-bond donors (Lipinski definition) is 2. The highest BCUT2D eigenvalue weighted by molar-refractivity contribution is 4.99. The molecule has 0 spiro atoms. The fraction of sp³-hybridized carbons (Fsp3) is 0.800. The summed E-state index contributed by atoms with van der Waals surface area (Å²) < 4.78 is 5.02. The fourth-order valence-corrected chi connectivity index (χ4v) is 2.00. The minimum Gasteiger partial charge on any atom is -0.394 e. The minimum atomic E-state index is -0.546. The summed E-state index contributed by atoms with van der Waals surface area (Å²) in [6, 6.07) is -0.546. The molecule has 1 unspecified atom stereocenters. The molecule has 5 nitrogen and oxygen atoms in total. The van der Waals surface area contributed by atoms with E-state index >= 15 is 0 Å². The van der Waals surface area contributed by atoms with Gasteiger partial charge in [0.05, 0.1) is 6.61 Å². The molecule has 5 heteroatoms. The van der Waals surface area contributed by atoms with Crippen molar-refractivity contribution in [3.8, 4) is 0 Å². The maximum absolute atomic E-state index is 8.86. The fourth-order valence-electron chi connectivity index (χ4n) is 2.00. The number of nitrogens with two attached hydrogens (primary N) is 1. The summed E-state index contributed by atoms with van der Waals surface area (Å²) in [6.07, 6.45) is 6.04. The highest BCUT2D eigenvalue weighted by atomic mass is 16.5. The highest BCUT2D eigenvalue weighted by Gasteiger charge is 2.22. The highest BCUT2D eigenvalue weighted by Crippen LogP contribution is 2.31. The van der Waals surface area contributed by atoms with Gasteiger partial charge in [-0.1, -0.05) is 24.4 Å². The van der Waals surface area contributed by atoms with Crippen LogP contribution >= 0.6 is 0 Å². The van der Waals surface area contributed by atoms with Crippen molar-refractivity contribution in [3.05, 3.63) is 11.7 Å². The lowest BCUT2D eigenvalue weighted by molar-refractivity contribution is 0.236. The molecular formula is C10H17N3O2. The monoisotopic (exact) mass is 211 g/mol. The van der Waals surface area contributed by atoms with Gasteiger partial charge in [-0.05, 0) is 12.8 Å². The number of aliphatic hydroxyl groups is 1. The summed E-state index contributed by atoms with van der Waals surface area (Å²) in [4.78, 5) is 4.24. The number of hydrogen-bond acceptors (Lipinski definition) is 5. The Bertz CT molecular complexity index is 307. The van der Waals surface area contributed by atoms with Crippen molar-refractivity contribution in [1.29, 1.82) is 0 Å². The first-order valence-corrected chi connectivity index (χ1v) is 5.51. The molecule has 0 bridgehead atoms. The smallest absolute Gasteiger partial charge is 0.245 e. The zero-order valence-electron chi connectivity index (χ0n) is 8.72. The van der Waals surface area contributed by atoms with E-state index in [1.807, 2.05) is 0 Å². The van der Waals surface area contributed by atoms with Gasteiger partial charge < -0.3 is 15.4 Å². The summed E-state index contributed by atoms with van der Waals surface area (Å²) in [5.41, 5.74) is 5.59. The van der Waals surface area contributed by atoms with E-state index in [9.17, 15) is 0 Å². The molecule has 1 saturated carbocycles. The van der Waals surface area contributed by atoms with Crippen molar-refractivity contribution in [3.63, 3.8) is 0 Å². The van der Waals surface area contributed by atoms with Gasteiger partial charge in [0.1, 0.15) is 6.04 Å². The van der Waals surface area contributed by atoms with Crippen molar-refractivity contribution in [2.75, 3.05) is 6.61 Å². The van der Waals surface area contributed by atoms with E-state index in [0.29, 0.717) is 11.8 Å². The first-order valence-electron chi connectivity index (χ1n) is 5.51. The molecule has 0 aliphatic heterocycles. The quantitative estimate of drug-likeness (QED) is 0.782. The van der Waals surface area contributed by atoms with Crippen LogP contribution in [0, 0.1) is 0 Å². The van der Waals surface area contributed by atoms with Crippen LogP contribution in [0.5, 0.6) is 0 Å². The minimum absolute atomic E-state index is 0.160. The number of aromatic nitrogens is 2. The van der Waals surface area contributed by atoms with Gasteiger partial charge in [0.2, 0.25) is 5.89 Å². The molecule has 0 aromatic carbocycles. The van der Waals surface area contributed by atoms with Crippen LogP contribution < -0.4 is 5.73 Å². The predicted molar refractivity (Wildman–Crippen MR) is 54.1 cm³/mol. The molecule has 1 aliphatic rings. The molecule has 1 atom stereocenters. The van der Waals surface area contributed by atoms with Gasteiger partial charge in [-0.3, -0.25) is 0 Å². The Morgan fingerprint density at radius 3 is 2.80 bits per heavy atom. The molecule has 1 heterocycles. The molecule has 0 saturated heterocycles. The Balaban J connectivity index is 2.05. The van der Waals surface area contributed by atoms with Gasteiger partial charge in [-0.25, -0.2) is 0 Å². The lowest BCUT2D eigenvalue weighted by Gasteiger charge is -2.17. The molecule has 2 rings (SSSR count). The van der Waals surface area contributed by atoms with Gasteiger partial charge in [0, 0.05) is 5.92 Å². The Labute approximate surface area is 88.7 Å². The summed E-state index contributed by atoms with van der Waals surface area (Å²) >= 11 is 0. The van der Waals surface area contributed by atoms with Crippen LogP contribution in [0.2, 0.25) is 0 Å². The van der Waals surface area contributed by atoms with Crippen molar-refractivity contribution in [2.24, 2.45) is 5.73 Å². The molecule has 0 radical (unpaired) electrons. The SMILES string of the molecule is NC(CO)c1nc(C2CCCCC2)no1. The zero-order valence-corrected chi connectivity index (χ0v) is 8.72. The molecule has 3 N–H and O–H groups in total. The van der Waals surface area contributed by atoms with E-state index < -0.39 is 6.04 Å². The summed E-state index contributed by atoms with van der Waals surface area (Å²) in [5.74, 6) is 1.52. The molecule has 1 fully saturated rings. The number of rotatable bonds is 3. The zero-order chi connectivity index (χ0) is 10.7. The third kappa shape index (κ3) is 2.35. The van der Waals surface area contributed by atoms with Gasteiger partial charge in [0.25, 0.3) is 0 Å². The Morgan fingerprint density at radius 2 is 2.13 bits per heavy atom. The lowest BCUT2D eigenvalue weighted by atomic mass is 9.89. The van der Waals surface area contributed by atoms with Gasteiger partial charge >= 0.3 is 0 Å². The maximum atomic E-state index is 8.86. The van der Waals surface area contributed by atoms with E-state index in [-0.39, 0.29) is 6.61 Å². The van der Waals surface area contributed by atoms with Gasteiger partial charge in [-0.2, -0.15) is 4.98 Å². The predicted octanol–water partition coefficient (Wildman–Crippen LogP) is 1.11. The van der Waals surface area contributed by atoms with Crippen LogP contribution in [-0.4, -0.2) is 21.9 Å². The standard InChI is InChI=1S/C10H17N3O2/c11-8(6-14)10-12-9(13-15-10)7-4-2-1-3-5-7/h7-8,14H,1-6,11H2. The third-order valence-corrected chi connectivity index (χ3v) is 2.94. The van der Waals surface area contributed by atoms with E-state index in [1.165, 1.54) is 19.3 Å². The van der Waals surface area contributed by atoms with Crippen molar-refractivity contribution >= 4 is 0 Å². The third-order valence-electron chi connectivity index (χ3n) is 2.94. The Kier molecular flexibility index (Phi) is 3.33. The van der Waals surface area contributed by atoms with Crippen LogP contribution in [0.15, 0.2) is 4.52 Å². The first-order chi connectivity index (χ1) is 7.31. The van der Waals surface area contributed by atoms with Crippen molar-refractivity contribution in [1.82, 2.24) is 10.1 Å². The molecule has 1 aliphatic carbocycles. The van der Waals surface area contributed by atoms with Crippen LogP contribution in [0.4, 0.5) is 0 Å². The molecule has 0 amide bonds. The van der Waals surface area contributed by atoms with Crippen LogP contribution in [0.25, 0.3) is 0 Å². The van der Waals surface area contributed by atoms with Crippen LogP contribution in [0.1, 0.15) is 55.8 Å². The topological polar surface area (TPSA) is 85.2 Å². The lowest BCUT2D eigenvalue weighted by Crippen LogP contribution is -2.15. The second-order valence-electron chi connectivity index (χ2n) is 4.11. The van der Waals surface area contributed by atoms with Crippen molar-refractivity contribution in [2.45, 2.75) is 44.1 Å². The maximum Gasteiger partial charge on any atom is 0.245 e. The average Bonchev–Trinajstić information content (AvgIpc) is 2.78. The molecular weight excluding hydrogens is 194 g/mol. The van der Waals surface area contributed by atoms with Gasteiger partial charge in [0.15, 0.2) is 5.82 Å². The Hall–Kier alpha value is -0.940. The number of aliphatic hydroxyl groups excluding tert-OH is 1. The molecule has 15 heavy (non-hydrogen) atoms. The second kappa shape index (κ2) is 4.72. The van der Waals surface area contributed by atoms with E-state index in [4.69, 9.17) is 15.4 Å². The number of nitrogens with zero attached hydrogens (tertiary/aromatic N) is 2. The first kappa shape index (κ1) is 10.6. The molecule has 84 valence electrons. The second-order valence-corrected chi connectivity index (χ2v) is 4.11. The Morgan fingerprint density at radius 1 is 1.40 bits per heavy atom. The van der Waals surface area contributed by atoms with Gasteiger partial charge in [-0.15, -0.1) is 0 Å².